The number of aromatic carboxylic acids is 1. The minimum Gasteiger partial charge on any atom is -0.478 e. The van der Waals surface area contributed by atoms with Gasteiger partial charge in [0.1, 0.15) is 9.35 Å². The first-order valence-corrected chi connectivity index (χ1v) is 4.62. The highest BCUT2D eigenvalue weighted by molar-refractivity contribution is 14.1. The van der Waals surface area contributed by atoms with Crippen LogP contribution in [0.2, 0.25) is 0 Å². The van der Waals surface area contributed by atoms with Crippen molar-refractivity contribution in [2.45, 2.75) is 0 Å². The van der Waals surface area contributed by atoms with Gasteiger partial charge in [0.05, 0.1) is 11.8 Å². The summed E-state index contributed by atoms with van der Waals surface area (Å²) in [4.78, 5) is 14.7. The van der Waals surface area contributed by atoms with Gasteiger partial charge in [0.2, 0.25) is 0 Å². The summed E-state index contributed by atoms with van der Waals surface area (Å²) in [5.41, 5.74) is 1.03. The summed E-state index contributed by atoms with van der Waals surface area (Å²) < 4.78 is 2.64. The monoisotopic (exact) mass is 288 g/mol. The van der Waals surface area contributed by atoms with Crippen molar-refractivity contribution < 1.29 is 9.90 Å². The molecule has 5 heteroatoms. The van der Waals surface area contributed by atoms with E-state index in [1.54, 1.807) is 28.9 Å². The predicted molar refractivity (Wildman–Crippen MR) is 54.9 cm³/mol. The molecule has 2 rings (SSSR count). The van der Waals surface area contributed by atoms with Crippen LogP contribution in [0.5, 0.6) is 0 Å². The molecule has 1 N–H and O–H groups in total. The number of hydrogen-bond donors (Lipinski definition) is 1. The average Bonchev–Trinajstić information content (AvgIpc) is 2.47. The minimum absolute atomic E-state index is 0.267. The third kappa shape index (κ3) is 1.39. The summed E-state index contributed by atoms with van der Waals surface area (Å²) in [6.45, 7) is 0. The van der Waals surface area contributed by atoms with Gasteiger partial charge in [-0.15, -0.1) is 0 Å². The van der Waals surface area contributed by atoms with Gasteiger partial charge in [-0.25, -0.2) is 9.78 Å². The summed E-state index contributed by atoms with van der Waals surface area (Å²) in [6.07, 6.45) is 3.26. The Morgan fingerprint density at radius 3 is 3.00 bits per heavy atom. The molecule has 0 aromatic carbocycles. The first-order valence-electron chi connectivity index (χ1n) is 3.54. The van der Waals surface area contributed by atoms with E-state index in [9.17, 15) is 4.79 Å². The SMILES string of the molecule is O=C(O)c1ccc2ncc(I)n2c1. The predicted octanol–water partition coefficient (Wildman–Crippen LogP) is 1.64. The van der Waals surface area contributed by atoms with Crippen LogP contribution in [-0.4, -0.2) is 20.5 Å². The van der Waals surface area contributed by atoms with Crippen molar-refractivity contribution in [3.63, 3.8) is 0 Å². The second-order valence-electron chi connectivity index (χ2n) is 2.53. The van der Waals surface area contributed by atoms with Crippen LogP contribution < -0.4 is 0 Å². The van der Waals surface area contributed by atoms with Crippen LogP contribution in [0.25, 0.3) is 5.65 Å². The molecule has 0 bridgehead atoms. The third-order valence-corrected chi connectivity index (χ3v) is 2.51. The van der Waals surface area contributed by atoms with Crippen LogP contribution in [0.1, 0.15) is 10.4 Å². The molecule has 2 aromatic rings. The summed E-state index contributed by atoms with van der Waals surface area (Å²) >= 11 is 2.10. The smallest absolute Gasteiger partial charge is 0.337 e. The van der Waals surface area contributed by atoms with E-state index in [0.717, 1.165) is 9.35 Å². The summed E-state index contributed by atoms with van der Waals surface area (Å²) in [7, 11) is 0. The molecule has 0 saturated heterocycles. The number of aromatic nitrogens is 2. The molecule has 0 fully saturated rings. The lowest BCUT2D eigenvalue weighted by Gasteiger charge is -1.97. The molecule has 66 valence electrons. The molecule has 0 spiro atoms. The van der Waals surface area contributed by atoms with E-state index in [-0.39, 0.29) is 5.56 Å². The average molecular weight is 288 g/mol. The second kappa shape index (κ2) is 2.99. The highest BCUT2D eigenvalue weighted by atomic mass is 127. The van der Waals surface area contributed by atoms with Gasteiger partial charge in [-0.05, 0) is 34.7 Å². The van der Waals surface area contributed by atoms with E-state index in [0.29, 0.717) is 0 Å². The van der Waals surface area contributed by atoms with Gasteiger partial charge >= 0.3 is 5.97 Å². The standard InChI is InChI=1S/C8H5IN2O2/c9-6-3-10-7-2-1-5(8(12)13)4-11(6)7/h1-4H,(H,12,13). The summed E-state index contributed by atoms with van der Waals surface area (Å²) in [5, 5.41) is 8.74. The molecule has 2 aromatic heterocycles. The number of carbonyl (C=O) groups is 1. The number of carboxylic acids is 1. The Hall–Kier alpha value is -1.11. The quantitative estimate of drug-likeness (QED) is 0.812. The lowest BCUT2D eigenvalue weighted by atomic mass is 10.3. The van der Waals surface area contributed by atoms with Crippen LogP contribution in [0.3, 0.4) is 0 Å². The number of nitrogens with zero attached hydrogens (tertiary/aromatic N) is 2. The second-order valence-corrected chi connectivity index (χ2v) is 3.64. The molecule has 13 heavy (non-hydrogen) atoms. The van der Waals surface area contributed by atoms with Crippen molar-refractivity contribution >= 4 is 34.2 Å². The lowest BCUT2D eigenvalue weighted by molar-refractivity contribution is 0.0696. The Bertz CT molecular complexity index is 478. The van der Waals surface area contributed by atoms with Crippen molar-refractivity contribution in [1.29, 1.82) is 0 Å². The molecule has 0 aliphatic heterocycles. The van der Waals surface area contributed by atoms with Gasteiger partial charge in [0.25, 0.3) is 0 Å². The maximum atomic E-state index is 10.6. The van der Waals surface area contributed by atoms with E-state index >= 15 is 0 Å². The zero-order chi connectivity index (χ0) is 9.42. The number of pyridine rings is 1. The molecule has 0 amide bonds. The Labute approximate surface area is 87.4 Å². The molecule has 0 saturated carbocycles. The van der Waals surface area contributed by atoms with Gasteiger partial charge in [0.15, 0.2) is 0 Å². The first-order chi connectivity index (χ1) is 6.18. The molecule has 2 heterocycles. The van der Waals surface area contributed by atoms with E-state index in [1.807, 2.05) is 0 Å². The third-order valence-electron chi connectivity index (χ3n) is 1.71. The molecular formula is C8H5IN2O2. The number of carboxylic acid groups (broad SMARTS) is 1. The van der Waals surface area contributed by atoms with E-state index in [1.165, 1.54) is 0 Å². The van der Waals surface area contributed by atoms with Gasteiger partial charge < -0.3 is 5.11 Å². The van der Waals surface area contributed by atoms with Crippen molar-refractivity contribution in [2.75, 3.05) is 0 Å². The normalized spacial score (nSPS) is 10.5. The largest absolute Gasteiger partial charge is 0.478 e. The topological polar surface area (TPSA) is 54.6 Å². The van der Waals surface area contributed by atoms with Crippen molar-refractivity contribution in [3.05, 3.63) is 33.8 Å². The summed E-state index contributed by atoms with van der Waals surface area (Å²) in [5.74, 6) is -0.925. The first kappa shape index (κ1) is 8.49. The van der Waals surface area contributed by atoms with E-state index in [2.05, 4.69) is 27.6 Å². The van der Waals surface area contributed by atoms with Crippen molar-refractivity contribution in [2.24, 2.45) is 0 Å². The van der Waals surface area contributed by atoms with Crippen molar-refractivity contribution in [1.82, 2.24) is 9.38 Å². The summed E-state index contributed by atoms with van der Waals surface area (Å²) in [6, 6.07) is 3.23. The molecule has 0 aliphatic rings. The van der Waals surface area contributed by atoms with Gasteiger partial charge in [0, 0.05) is 6.20 Å². The molecule has 4 nitrogen and oxygen atoms in total. The van der Waals surface area contributed by atoms with Crippen LogP contribution in [-0.2, 0) is 0 Å². The Morgan fingerprint density at radius 1 is 1.54 bits per heavy atom. The molecule has 0 unspecified atom stereocenters. The Balaban J connectivity index is 2.72. The number of hydrogen-bond acceptors (Lipinski definition) is 2. The van der Waals surface area contributed by atoms with Gasteiger partial charge in [-0.1, -0.05) is 0 Å². The van der Waals surface area contributed by atoms with E-state index in [4.69, 9.17) is 5.11 Å². The number of imidazole rings is 1. The number of fused-ring (bicyclic) bond motifs is 1. The van der Waals surface area contributed by atoms with Gasteiger partial charge in [-0.3, -0.25) is 4.40 Å². The zero-order valence-corrected chi connectivity index (χ0v) is 8.59. The van der Waals surface area contributed by atoms with Crippen LogP contribution in [0.15, 0.2) is 24.5 Å². The van der Waals surface area contributed by atoms with Crippen LogP contribution in [0, 0.1) is 3.70 Å². The molecule has 0 radical (unpaired) electrons. The fourth-order valence-electron chi connectivity index (χ4n) is 1.08. The minimum atomic E-state index is -0.925. The Kier molecular flexibility index (Phi) is 1.95. The van der Waals surface area contributed by atoms with Crippen LogP contribution >= 0.6 is 22.6 Å². The highest BCUT2D eigenvalue weighted by Gasteiger charge is 2.05. The van der Waals surface area contributed by atoms with Crippen LogP contribution in [0.4, 0.5) is 0 Å². The fraction of sp³-hybridized carbons (Fsp3) is 0. The fourth-order valence-corrected chi connectivity index (χ4v) is 1.60. The highest BCUT2D eigenvalue weighted by Crippen LogP contribution is 2.10. The lowest BCUT2D eigenvalue weighted by Crippen LogP contribution is -1.99. The Morgan fingerprint density at radius 2 is 2.31 bits per heavy atom. The maximum Gasteiger partial charge on any atom is 0.337 e. The molecule has 0 aliphatic carbocycles. The molecule has 0 atom stereocenters. The van der Waals surface area contributed by atoms with Gasteiger partial charge in [-0.2, -0.15) is 0 Å². The maximum absolute atomic E-state index is 10.6. The van der Waals surface area contributed by atoms with Crippen molar-refractivity contribution in [3.8, 4) is 0 Å². The molecular weight excluding hydrogens is 283 g/mol. The zero-order valence-electron chi connectivity index (χ0n) is 6.44. The van der Waals surface area contributed by atoms with E-state index < -0.39 is 5.97 Å². The number of halogens is 1. The number of rotatable bonds is 1.